The lowest BCUT2D eigenvalue weighted by Gasteiger charge is -2.28. The Morgan fingerprint density at radius 1 is 1.28 bits per heavy atom. The molecule has 0 aromatic carbocycles. The van der Waals surface area contributed by atoms with Gasteiger partial charge in [0.1, 0.15) is 5.56 Å². The van der Waals surface area contributed by atoms with Crippen LogP contribution in [0, 0.1) is 24.7 Å². The second-order valence-electron chi connectivity index (χ2n) is 8.68. The van der Waals surface area contributed by atoms with Gasteiger partial charge in [-0.05, 0) is 63.9 Å². The lowest BCUT2D eigenvalue weighted by molar-refractivity contribution is 0.0917. The zero-order valence-electron chi connectivity index (χ0n) is 17.3. The van der Waals surface area contributed by atoms with Gasteiger partial charge < -0.3 is 5.32 Å². The smallest absolute Gasteiger partial charge is 0.256 e. The van der Waals surface area contributed by atoms with Crippen molar-refractivity contribution >= 4 is 11.6 Å². The minimum atomic E-state index is -0.0825. The van der Waals surface area contributed by atoms with Gasteiger partial charge in [-0.25, -0.2) is 9.50 Å². The van der Waals surface area contributed by atoms with Gasteiger partial charge in [0.05, 0.1) is 18.1 Å². The van der Waals surface area contributed by atoms with Crippen molar-refractivity contribution in [2.75, 3.05) is 0 Å². The second-order valence-corrected chi connectivity index (χ2v) is 8.68. The average Bonchev–Trinajstić information content (AvgIpc) is 3.50. The summed E-state index contributed by atoms with van der Waals surface area (Å²) in [4.78, 5) is 17.5. The number of rotatable bonds is 5. The van der Waals surface area contributed by atoms with Crippen molar-refractivity contribution in [3.8, 4) is 11.3 Å². The minimum Gasteiger partial charge on any atom is -0.349 e. The van der Waals surface area contributed by atoms with E-state index in [0.717, 1.165) is 35.3 Å². The Kier molecular flexibility index (Phi) is 4.41. The van der Waals surface area contributed by atoms with Crippen LogP contribution in [-0.2, 0) is 6.54 Å². The molecule has 2 aliphatic carbocycles. The van der Waals surface area contributed by atoms with Crippen LogP contribution in [0.3, 0.4) is 0 Å². The van der Waals surface area contributed by atoms with Crippen molar-refractivity contribution in [2.45, 2.75) is 59.0 Å². The van der Waals surface area contributed by atoms with Gasteiger partial charge in [0.15, 0.2) is 5.65 Å². The summed E-state index contributed by atoms with van der Waals surface area (Å²) in [6, 6.07) is 2.10. The number of carbonyl (C=O) groups excluding carboxylic acids is 1. The van der Waals surface area contributed by atoms with Crippen molar-refractivity contribution in [3.63, 3.8) is 0 Å². The number of amides is 1. The third-order valence-electron chi connectivity index (χ3n) is 7.12. The van der Waals surface area contributed by atoms with Gasteiger partial charge in [-0.1, -0.05) is 6.42 Å². The van der Waals surface area contributed by atoms with E-state index in [-0.39, 0.29) is 11.9 Å². The van der Waals surface area contributed by atoms with Gasteiger partial charge in [0.25, 0.3) is 5.91 Å². The summed E-state index contributed by atoms with van der Waals surface area (Å²) < 4.78 is 3.71. The molecule has 7 heteroatoms. The molecular weight excluding hydrogens is 364 g/mol. The summed E-state index contributed by atoms with van der Waals surface area (Å²) in [6.45, 7) is 7.08. The standard InChI is InChI=1S/C22H28N6O/c1-4-27-14(3)18(11-24-27)20-7-8-23-21-19(12-25-28(20)21)22(29)26-13(2)17-10-15-5-6-16(17)9-15/h7-8,11-13,15-17H,4-6,9-10H2,1-3H3,(H,26,29). The third kappa shape index (κ3) is 2.94. The molecule has 2 bridgehead atoms. The topological polar surface area (TPSA) is 77.1 Å². The first-order chi connectivity index (χ1) is 14.1. The Hall–Kier alpha value is -2.70. The molecule has 2 fully saturated rings. The Balaban J connectivity index is 1.42. The molecule has 1 amide bonds. The van der Waals surface area contributed by atoms with Crippen LogP contribution >= 0.6 is 0 Å². The molecule has 152 valence electrons. The average molecular weight is 393 g/mol. The highest BCUT2D eigenvalue weighted by Crippen LogP contribution is 2.49. The molecule has 4 atom stereocenters. The molecule has 5 rings (SSSR count). The maximum atomic E-state index is 13.0. The van der Waals surface area contributed by atoms with E-state index in [2.05, 4.69) is 34.3 Å². The van der Waals surface area contributed by atoms with Crippen molar-refractivity contribution in [2.24, 2.45) is 17.8 Å². The third-order valence-corrected chi connectivity index (χ3v) is 7.12. The van der Waals surface area contributed by atoms with Crippen molar-refractivity contribution in [1.82, 2.24) is 29.7 Å². The molecule has 0 radical (unpaired) electrons. The molecule has 3 aromatic heterocycles. The van der Waals surface area contributed by atoms with E-state index >= 15 is 0 Å². The van der Waals surface area contributed by atoms with Crippen LogP contribution in [-0.4, -0.2) is 36.3 Å². The van der Waals surface area contributed by atoms with Gasteiger partial charge in [0.2, 0.25) is 0 Å². The van der Waals surface area contributed by atoms with Crippen LogP contribution in [0.25, 0.3) is 16.9 Å². The Bertz CT molecular complexity index is 1070. The maximum absolute atomic E-state index is 13.0. The zero-order valence-corrected chi connectivity index (χ0v) is 17.3. The molecule has 2 aliphatic rings. The molecule has 0 aliphatic heterocycles. The van der Waals surface area contributed by atoms with Crippen molar-refractivity contribution in [3.05, 3.63) is 35.9 Å². The summed E-state index contributed by atoms with van der Waals surface area (Å²) >= 11 is 0. The van der Waals surface area contributed by atoms with Gasteiger partial charge >= 0.3 is 0 Å². The van der Waals surface area contributed by atoms with E-state index in [1.807, 2.05) is 23.9 Å². The van der Waals surface area contributed by atoms with E-state index in [4.69, 9.17) is 0 Å². The molecule has 1 N–H and O–H groups in total. The predicted molar refractivity (Wildman–Crippen MR) is 110 cm³/mol. The fraction of sp³-hybridized carbons (Fsp3) is 0.545. The van der Waals surface area contributed by atoms with E-state index in [1.54, 1.807) is 16.9 Å². The predicted octanol–water partition coefficient (Wildman–Crippen LogP) is 3.48. The molecule has 3 heterocycles. The lowest BCUT2D eigenvalue weighted by Crippen LogP contribution is -2.40. The summed E-state index contributed by atoms with van der Waals surface area (Å²) in [7, 11) is 0. The van der Waals surface area contributed by atoms with Gasteiger partial charge in [-0.3, -0.25) is 9.48 Å². The second kappa shape index (κ2) is 6.97. The first-order valence-corrected chi connectivity index (χ1v) is 10.7. The highest BCUT2D eigenvalue weighted by Gasteiger charge is 2.42. The molecule has 2 saturated carbocycles. The summed E-state index contributed by atoms with van der Waals surface area (Å²) in [6.07, 6.45) is 10.5. The van der Waals surface area contributed by atoms with E-state index < -0.39 is 0 Å². The Morgan fingerprint density at radius 3 is 2.83 bits per heavy atom. The number of fused-ring (bicyclic) bond motifs is 3. The molecule has 4 unspecified atom stereocenters. The van der Waals surface area contributed by atoms with Crippen molar-refractivity contribution in [1.29, 1.82) is 0 Å². The van der Waals surface area contributed by atoms with E-state index in [0.29, 0.717) is 17.1 Å². The van der Waals surface area contributed by atoms with Crippen LogP contribution in [0.2, 0.25) is 0 Å². The van der Waals surface area contributed by atoms with Gasteiger partial charge in [0, 0.05) is 30.0 Å². The molecule has 0 saturated heterocycles. The van der Waals surface area contributed by atoms with E-state index in [9.17, 15) is 4.79 Å². The number of hydrogen-bond acceptors (Lipinski definition) is 4. The van der Waals surface area contributed by atoms with Crippen LogP contribution in [0.1, 0.15) is 55.6 Å². The molecule has 0 spiro atoms. The normalized spacial score (nSPS) is 24.3. The van der Waals surface area contributed by atoms with Gasteiger partial charge in [-0.2, -0.15) is 10.2 Å². The summed E-state index contributed by atoms with van der Waals surface area (Å²) in [5.41, 5.74) is 4.09. The van der Waals surface area contributed by atoms with Crippen LogP contribution < -0.4 is 5.32 Å². The largest absolute Gasteiger partial charge is 0.349 e. The summed E-state index contributed by atoms with van der Waals surface area (Å²) in [5.74, 6) is 2.17. The first-order valence-electron chi connectivity index (χ1n) is 10.7. The van der Waals surface area contributed by atoms with Crippen LogP contribution in [0.5, 0.6) is 0 Å². The number of aryl methyl sites for hydroxylation is 1. The quantitative estimate of drug-likeness (QED) is 0.721. The fourth-order valence-corrected chi connectivity index (χ4v) is 5.57. The number of nitrogens with zero attached hydrogens (tertiary/aromatic N) is 5. The number of aromatic nitrogens is 5. The minimum absolute atomic E-state index is 0.0825. The number of nitrogens with one attached hydrogen (secondary N) is 1. The molecule has 29 heavy (non-hydrogen) atoms. The summed E-state index contributed by atoms with van der Waals surface area (Å²) in [5, 5.41) is 12.2. The molecule has 3 aromatic rings. The maximum Gasteiger partial charge on any atom is 0.256 e. The molecule has 7 nitrogen and oxygen atoms in total. The lowest BCUT2D eigenvalue weighted by atomic mass is 9.84. The monoisotopic (exact) mass is 392 g/mol. The molecular formula is C22H28N6O. The van der Waals surface area contributed by atoms with Gasteiger partial charge in [-0.15, -0.1) is 0 Å². The fourth-order valence-electron chi connectivity index (χ4n) is 5.57. The Morgan fingerprint density at radius 2 is 2.14 bits per heavy atom. The number of carbonyl (C=O) groups is 1. The van der Waals surface area contributed by atoms with Crippen LogP contribution in [0.15, 0.2) is 24.7 Å². The Labute approximate surface area is 170 Å². The zero-order chi connectivity index (χ0) is 20.1. The van der Waals surface area contributed by atoms with Crippen molar-refractivity contribution < 1.29 is 4.79 Å². The number of hydrogen-bond donors (Lipinski definition) is 1. The first kappa shape index (κ1) is 18.3. The van der Waals surface area contributed by atoms with Crippen LogP contribution in [0.4, 0.5) is 0 Å². The highest BCUT2D eigenvalue weighted by atomic mass is 16.1. The highest BCUT2D eigenvalue weighted by molar-refractivity contribution is 6.00. The van der Waals surface area contributed by atoms with E-state index in [1.165, 1.54) is 25.7 Å². The SMILES string of the molecule is CCn1ncc(-c2ccnc3c(C(=O)NC(C)C4CC5CCC4C5)cnn23)c1C.